The van der Waals surface area contributed by atoms with Crippen molar-refractivity contribution in [2.75, 3.05) is 6.61 Å². The maximum absolute atomic E-state index is 13.3. The number of fused-ring (bicyclic) bond motifs is 13. The lowest BCUT2D eigenvalue weighted by Crippen LogP contribution is -2.53. The van der Waals surface area contributed by atoms with Gasteiger partial charge in [-0.25, -0.2) is 0 Å². The van der Waals surface area contributed by atoms with Crippen LogP contribution >= 0.6 is 0 Å². The van der Waals surface area contributed by atoms with Gasteiger partial charge in [-0.3, -0.25) is 14.8 Å². The largest absolute Gasteiger partial charge is 0.393 e. The van der Waals surface area contributed by atoms with Gasteiger partial charge >= 0.3 is 0 Å². The minimum atomic E-state index is -1.62. The van der Waals surface area contributed by atoms with Crippen LogP contribution in [0.3, 0.4) is 0 Å². The number of hydrogen-bond acceptors (Lipinski definition) is 6. The number of ether oxygens (including phenoxy) is 1. The van der Waals surface area contributed by atoms with Crippen molar-refractivity contribution in [2.24, 2.45) is 0 Å². The van der Waals surface area contributed by atoms with Crippen LogP contribution in [-0.4, -0.2) is 53.6 Å². The highest BCUT2D eigenvalue weighted by Crippen LogP contribution is 2.57. The summed E-state index contributed by atoms with van der Waals surface area (Å²) in [5, 5.41) is 35.2. The summed E-state index contributed by atoms with van der Waals surface area (Å²) in [6.45, 7) is 1.21. The molecule has 5 aromatic rings. The summed E-state index contributed by atoms with van der Waals surface area (Å²) in [5.41, 5.74) is 0.0589. The van der Waals surface area contributed by atoms with Gasteiger partial charge in [0, 0.05) is 28.0 Å². The first-order valence-electron chi connectivity index (χ1n) is 11.4. The molecule has 2 amide bonds. The number of aromatic nitrogens is 2. The predicted molar refractivity (Wildman–Crippen MR) is 125 cm³/mol. The van der Waals surface area contributed by atoms with Crippen LogP contribution in [0.15, 0.2) is 48.5 Å². The maximum Gasteiger partial charge on any atom is 0.286 e. The zero-order valence-corrected chi connectivity index (χ0v) is 18.5. The number of nitrogens with zero attached hydrogens (tertiary/aromatic N) is 3. The second-order valence-corrected chi connectivity index (χ2v) is 9.81. The van der Waals surface area contributed by atoms with Gasteiger partial charge in [-0.15, -0.1) is 5.06 Å². The number of carbonyl (C=O) groups excluding carboxylic acids is 2. The molecule has 3 N–H and O–H groups in total. The molecule has 3 aliphatic rings. The molecule has 1 saturated heterocycles. The molecule has 0 unspecified atom stereocenters. The first-order chi connectivity index (χ1) is 16.8. The van der Waals surface area contributed by atoms with Crippen molar-refractivity contribution in [3.05, 3.63) is 59.7 Å². The zero-order valence-electron chi connectivity index (χ0n) is 18.5. The quantitative estimate of drug-likeness (QED) is 0.256. The Bertz CT molecular complexity index is 1850. The van der Waals surface area contributed by atoms with E-state index >= 15 is 0 Å². The highest BCUT2D eigenvalue weighted by atomic mass is 16.6. The number of hydroxylamine groups is 2. The number of rotatable bonds is 1. The van der Waals surface area contributed by atoms with E-state index < -0.39 is 36.0 Å². The minimum absolute atomic E-state index is 0.122. The van der Waals surface area contributed by atoms with Gasteiger partial charge in [0.1, 0.15) is 11.8 Å². The molecule has 0 saturated carbocycles. The highest BCUT2D eigenvalue weighted by molar-refractivity contribution is 6.39. The molecule has 0 spiro atoms. The van der Waals surface area contributed by atoms with Crippen molar-refractivity contribution in [2.45, 2.75) is 30.9 Å². The average molecular weight is 469 g/mol. The van der Waals surface area contributed by atoms with E-state index in [1.807, 2.05) is 57.7 Å². The van der Waals surface area contributed by atoms with Gasteiger partial charge in [0.05, 0.1) is 39.8 Å². The number of amides is 2. The normalized spacial score (nSPS) is 27.3. The Hall–Kier alpha value is -3.76. The van der Waals surface area contributed by atoms with Crippen LogP contribution in [0, 0.1) is 0 Å². The zero-order chi connectivity index (χ0) is 24.0. The Balaban J connectivity index is 1.78. The summed E-state index contributed by atoms with van der Waals surface area (Å²) in [5.74, 6) is -1.55. The van der Waals surface area contributed by atoms with Crippen LogP contribution in [0.25, 0.3) is 43.6 Å². The van der Waals surface area contributed by atoms with Crippen LogP contribution in [0.1, 0.15) is 40.3 Å². The first kappa shape index (κ1) is 19.5. The third-order valence-corrected chi connectivity index (χ3v) is 8.29. The molecule has 9 heteroatoms. The van der Waals surface area contributed by atoms with E-state index in [4.69, 9.17) is 4.74 Å². The Morgan fingerprint density at radius 1 is 0.943 bits per heavy atom. The van der Waals surface area contributed by atoms with E-state index in [2.05, 4.69) is 0 Å². The Morgan fingerprint density at radius 3 is 2.17 bits per heavy atom. The van der Waals surface area contributed by atoms with E-state index in [9.17, 15) is 25.0 Å². The van der Waals surface area contributed by atoms with Gasteiger partial charge in [0.15, 0.2) is 5.72 Å². The average Bonchev–Trinajstić information content (AvgIpc) is 3.50. The van der Waals surface area contributed by atoms with E-state index in [-0.39, 0.29) is 22.6 Å². The van der Waals surface area contributed by atoms with Gasteiger partial charge in [-0.05, 0) is 19.1 Å². The van der Waals surface area contributed by atoms with Crippen LogP contribution in [0.5, 0.6) is 0 Å². The first-order valence-corrected chi connectivity index (χ1v) is 11.4. The number of aliphatic hydroxyl groups excluding tert-OH is 1. The molecule has 8 rings (SSSR count). The lowest BCUT2D eigenvalue weighted by molar-refractivity contribution is -0.189. The summed E-state index contributed by atoms with van der Waals surface area (Å²) in [6.07, 6.45) is -0.519. The Morgan fingerprint density at radius 2 is 1.51 bits per heavy atom. The number of carbonyl (C=O) groups is 2. The summed E-state index contributed by atoms with van der Waals surface area (Å²) >= 11 is 0. The van der Waals surface area contributed by atoms with Crippen LogP contribution in [-0.2, 0) is 10.5 Å². The second-order valence-electron chi connectivity index (χ2n) is 9.81. The number of imide groups is 1. The van der Waals surface area contributed by atoms with Crippen molar-refractivity contribution in [3.8, 4) is 0 Å². The van der Waals surface area contributed by atoms with E-state index in [1.165, 1.54) is 0 Å². The molecule has 2 bridgehead atoms. The molecule has 2 aromatic heterocycles. The molecule has 3 aliphatic heterocycles. The van der Waals surface area contributed by atoms with Crippen molar-refractivity contribution < 1.29 is 29.7 Å². The van der Waals surface area contributed by atoms with Gasteiger partial charge in [0.25, 0.3) is 11.8 Å². The Kier molecular flexibility index (Phi) is 3.19. The topological polar surface area (TPSA) is 117 Å². The Labute approximate surface area is 196 Å². The fourth-order valence-electron chi connectivity index (χ4n) is 6.70. The van der Waals surface area contributed by atoms with Gasteiger partial charge in [0.2, 0.25) is 0 Å². The summed E-state index contributed by atoms with van der Waals surface area (Å²) in [6, 6.07) is 14.9. The van der Waals surface area contributed by atoms with Crippen molar-refractivity contribution in [1.82, 2.24) is 14.2 Å². The fourth-order valence-corrected chi connectivity index (χ4v) is 6.70. The SMILES string of the molecule is C[C@@]12O[C@H](C[C@]1(O)CO)n1c3ccccc3c3c4c(c5c6ccccc6n2c5c31)C(=O)N(O)C4=O. The van der Waals surface area contributed by atoms with Crippen molar-refractivity contribution in [3.63, 3.8) is 0 Å². The van der Waals surface area contributed by atoms with E-state index in [1.54, 1.807) is 6.92 Å². The summed E-state index contributed by atoms with van der Waals surface area (Å²) in [4.78, 5) is 26.6. The van der Waals surface area contributed by atoms with E-state index in [0.29, 0.717) is 32.7 Å². The minimum Gasteiger partial charge on any atom is -0.393 e. The lowest BCUT2D eigenvalue weighted by Gasteiger charge is -2.38. The van der Waals surface area contributed by atoms with Crippen molar-refractivity contribution in [1.29, 1.82) is 0 Å². The van der Waals surface area contributed by atoms with Gasteiger partial charge in [-0.1, -0.05) is 36.4 Å². The van der Waals surface area contributed by atoms with Gasteiger partial charge < -0.3 is 24.1 Å². The lowest BCUT2D eigenvalue weighted by atomic mass is 9.89. The number of hydrogen-bond donors (Lipinski definition) is 3. The molecule has 35 heavy (non-hydrogen) atoms. The third kappa shape index (κ3) is 1.85. The van der Waals surface area contributed by atoms with E-state index in [0.717, 1.165) is 10.9 Å². The summed E-state index contributed by atoms with van der Waals surface area (Å²) < 4.78 is 10.4. The number of aliphatic hydroxyl groups is 2. The number of benzene rings is 3. The molecule has 1 fully saturated rings. The third-order valence-electron chi connectivity index (χ3n) is 8.29. The monoisotopic (exact) mass is 469 g/mol. The standard InChI is InChI=1S/C26H19N3O6/c1-25-26(33,11-30)10-16(35-25)27-14-8-4-2-6-12(14)17-19-20(24(32)29(34)23(19)31)18-13-7-3-5-9-15(13)28(25)22(18)21(17)27/h2-9,16,30,33-34H,10-11H2,1H3/t16-,25-,26+/m1/s1. The molecule has 0 radical (unpaired) electrons. The van der Waals surface area contributed by atoms with Crippen LogP contribution in [0.4, 0.5) is 0 Å². The molecular weight excluding hydrogens is 450 g/mol. The smallest absolute Gasteiger partial charge is 0.286 e. The molecule has 174 valence electrons. The molecular formula is C26H19N3O6. The highest BCUT2D eigenvalue weighted by Gasteiger charge is 2.61. The van der Waals surface area contributed by atoms with Crippen LogP contribution in [0.2, 0.25) is 0 Å². The number of para-hydroxylation sites is 2. The molecule has 3 aromatic carbocycles. The molecule has 9 nitrogen and oxygen atoms in total. The van der Waals surface area contributed by atoms with Crippen molar-refractivity contribution >= 4 is 55.4 Å². The fraction of sp³-hybridized carbons (Fsp3) is 0.231. The summed E-state index contributed by atoms with van der Waals surface area (Å²) in [7, 11) is 0. The molecule has 0 aliphatic carbocycles. The van der Waals surface area contributed by atoms with Crippen LogP contribution < -0.4 is 0 Å². The second kappa shape index (κ2) is 5.72. The molecule has 5 heterocycles. The maximum atomic E-state index is 13.3. The molecule has 3 atom stereocenters. The van der Waals surface area contributed by atoms with Gasteiger partial charge in [-0.2, -0.15) is 0 Å². The predicted octanol–water partition coefficient (Wildman–Crippen LogP) is 3.22.